The number of ether oxygens (including phenoxy) is 1. The predicted octanol–water partition coefficient (Wildman–Crippen LogP) is 3.39. The van der Waals surface area contributed by atoms with Crippen molar-refractivity contribution in [2.45, 2.75) is 13.0 Å². The third kappa shape index (κ3) is 4.15. The topological polar surface area (TPSA) is 41.5 Å². The van der Waals surface area contributed by atoms with Gasteiger partial charge >= 0.3 is 0 Å². The van der Waals surface area contributed by atoms with Gasteiger partial charge in [0.2, 0.25) is 0 Å². The van der Waals surface area contributed by atoms with Crippen LogP contribution >= 0.6 is 11.6 Å². The van der Waals surface area contributed by atoms with E-state index in [0.717, 1.165) is 29.3 Å². The molecule has 0 atom stereocenters. The average molecular weight is 292 g/mol. The van der Waals surface area contributed by atoms with Crippen molar-refractivity contribution in [1.82, 2.24) is 5.32 Å². The Bertz CT molecular complexity index is 555. The predicted molar refractivity (Wildman–Crippen MR) is 81.5 cm³/mol. The van der Waals surface area contributed by atoms with Crippen molar-refractivity contribution in [2.75, 3.05) is 13.7 Å². The highest BCUT2D eigenvalue weighted by Crippen LogP contribution is 2.22. The van der Waals surface area contributed by atoms with E-state index in [4.69, 9.17) is 16.3 Å². The number of nitrogens with one attached hydrogen (secondary N) is 1. The molecule has 2 rings (SSSR count). The number of halogens is 1. The van der Waals surface area contributed by atoms with Gasteiger partial charge in [0, 0.05) is 17.1 Å². The summed E-state index contributed by atoms with van der Waals surface area (Å²) in [6.07, 6.45) is 0.919. The Morgan fingerprint density at radius 1 is 1.15 bits per heavy atom. The molecular weight excluding hydrogens is 274 g/mol. The van der Waals surface area contributed by atoms with Crippen LogP contribution in [0.15, 0.2) is 42.5 Å². The summed E-state index contributed by atoms with van der Waals surface area (Å²) in [5.41, 5.74) is 2.07. The minimum atomic E-state index is 0.282. The van der Waals surface area contributed by atoms with E-state index < -0.39 is 0 Å². The molecule has 0 saturated heterocycles. The summed E-state index contributed by atoms with van der Waals surface area (Å²) in [7, 11) is 1.62. The van der Waals surface area contributed by atoms with Crippen molar-refractivity contribution in [3.05, 3.63) is 58.6 Å². The SMILES string of the molecule is COc1ccc(O)c(CNCCc2ccc(Cl)cc2)c1. The maximum Gasteiger partial charge on any atom is 0.120 e. The van der Waals surface area contributed by atoms with Gasteiger partial charge in [-0.25, -0.2) is 0 Å². The van der Waals surface area contributed by atoms with Gasteiger partial charge in [-0.1, -0.05) is 23.7 Å². The van der Waals surface area contributed by atoms with Gasteiger partial charge in [-0.2, -0.15) is 0 Å². The van der Waals surface area contributed by atoms with E-state index >= 15 is 0 Å². The van der Waals surface area contributed by atoms with E-state index in [9.17, 15) is 5.11 Å². The van der Waals surface area contributed by atoms with Crippen molar-refractivity contribution in [3.63, 3.8) is 0 Å². The Morgan fingerprint density at radius 2 is 1.90 bits per heavy atom. The molecule has 2 aromatic rings. The van der Waals surface area contributed by atoms with Crippen molar-refractivity contribution < 1.29 is 9.84 Å². The minimum absolute atomic E-state index is 0.282. The molecular formula is C16H18ClNO2. The molecule has 0 aromatic heterocycles. The second kappa shape index (κ2) is 7.17. The standard InChI is InChI=1S/C16H18ClNO2/c1-20-15-6-7-16(19)13(10-15)11-18-9-8-12-2-4-14(17)5-3-12/h2-7,10,18-19H,8-9,11H2,1H3. The Balaban J connectivity index is 1.82. The summed E-state index contributed by atoms with van der Waals surface area (Å²) < 4.78 is 5.15. The van der Waals surface area contributed by atoms with Crippen LogP contribution in [0.3, 0.4) is 0 Å². The molecule has 0 amide bonds. The zero-order valence-electron chi connectivity index (χ0n) is 11.4. The number of aromatic hydroxyl groups is 1. The van der Waals surface area contributed by atoms with Crippen molar-refractivity contribution in [3.8, 4) is 11.5 Å². The fourth-order valence-corrected chi connectivity index (χ4v) is 2.06. The summed E-state index contributed by atoms with van der Waals surface area (Å²) in [4.78, 5) is 0. The normalized spacial score (nSPS) is 10.5. The van der Waals surface area contributed by atoms with Gasteiger partial charge in [-0.05, 0) is 48.9 Å². The molecule has 0 heterocycles. The van der Waals surface area contributed by atoms with Crippen molar-refractivity contribution in [1.29, 1.82) is 0 Å². The molecule has 0 aliphatic rings. The van der Waals surface area contributed by atoms with E-state index in [-0.39, 0.29) is 5.75 Å². The molecule has 0 fully saturated rings. The molecule has 0 radical (unpaired) electrons. The van der Waals surface area contributed by atoms with E-state index in [0.29, 0.717) is 6.54 Å². The second-order valence-electron chi connectivity index (χ2n) is 4.55. The molecule has 2 N–H and O–H groups in total. The summed E-state index contributed by atoms with van der Waals surface area (Å²) in [5.74, 6) is 1.03. The lowest BCUT2D eigenvalue weighted by molar-refractivity contribution is 0.410. The number of rotatable bonds is 6. The van der Waals surface area contributed by atoms with Gasteiger partial charge < -0.3 is 15.2 Å². The number of benzene rings is 2. The first-order valence-corrected chi connectivity index (χ1v) is 6.88. The summed E-state index contributed by atoms with van der Waals surface area (Å²) in [6.45, 7) is 1.44. The molecule has 106 valence electrons. The van der Waals surface area contributed by atoms with Gasteiger partial charge in [0.05, 0.1) is 7.11 Å². The number of hydrogen-bond acceptors (Lipinski definition) is 3. The maximum atomic E-state index is 9.77. The van der Waals surface area contributed by atoms with Gasteiger partial charge in [-0.15, -0.1) is 0 Å². The highest BCUT2D eigenvalue weighted by Gasteiger charge is 2.03. The van der Waals surface area contributed by atoms with E-state index in [1.165, 1.54) is 5.56 Å². The van der Waals surface area contributed by atoms with Crippen LogP contribution in [0.1, 0.15) is 11.1 Å². The lowest BCUT2D eigenvalue weighted by atomic mass is 10.1. The number of methoxy groups -OCH3 is 1. The van der Waals surface area contributed by atoms with Gasteiger partial charge in [-0.3, -0.25) is 0 Å². The first-order chi connectivity index (χ1) is 9.69. The van der Waals surface area contributed by atoms with Crippen LogP contribution in [0.5, 0.6) is 11.5 Å². The highest BCUT2D eigenvalue weighted by molar-refractivity contribution is 6.30. The first-order valence-electron chi connectivity index (χ1n) is 6.50. The summed E-state index contributed by atoms with van der Waals surface area (Å²) in [6, 6.07) is 13.1. The second-order valence-corrected chi connectivity index (χ2v) is 4.98. The zero-order chi connectivity index (χ0) is 14.4. The maximum absolute atomic E-state index is 9.77. The summed E-state index contributed by atoms with van der Waals surface area (Å²) in [5, 5.41) is 13.8. The number of hydrogen-bond donors (Lipinski definition) is 2. The minimum Gasteiger partial charge on any atom is -0.508 e. The summed E-state index contributed by atoms with van der Waals surface area (Å²) >= 11 is 5.84. The molecule has 2 aromatic carbocycles. The fraction of sp³-hybridized carbons (Fsp3) is 0.250. The van der Waals surface area contributed by atoms with E-state index in [2.05, 4.69) is 5.32 Å². The Labute approximate surface area is 124 Å². The Morgan fingerprint density at radius 3 is 2.60 bits per heavy atom. The fourth-order valence-electron chi connectivity index (χ4n) is 1.94. The molecule has 0 saturated carbocycles. The van der Waals surface area contributed by atoms with Gasteiger partial charge in [0.1, 0.15) is 11.5 Å². The van der Waals surface area contributed by atoms with Crippen molar-refractivity contribution >= 4 is 11.6 Å². The molecule has 4 heteroatoms. The van der Waals surface area contributed by atoms with Crippen LogP contribution < -0.4 is 10.1 Å². The lowest BCUT2D eigenvalue weighted by Crippen LogP contribution is -2.16. The smallest absolute Gasteiger partial charge is 0.120 e. The lowest BCUT2D eigenvalue weighted by Gasteiger charge is -2.09. The third-order valence-electron chi connectivity index (χ3n) is 3.11. The molecule has 0 spiro atoms. The van der Waals surface area contributed by atoms with E-state index in [1.54, 1.807) is 19.2 Å². The van der Waals surface area contributed by atoms with Crippen LogP contribution in [0.25, 0.3) is 0 Å². The number of phenols is 1. The molecule has 0 aliphatic carbocycles. The van der Waals surface area contributed by atoms with Crippen molar-refractivity contribution in [2.24, 2.45) is 0 Å². The first kappa shape index (κ1) is 14.7. The van der Waals surface area contributed by atoms with Crippen LogP contribution in [-0.4, -0.2) is 18.8 Å². The van der Waals surface area contributed by atoms with E-state index in [1.807, 2.05) is 30.3 Å². The molecule has 0 bridgehead atoms. The zero-order valence-corrected chi connectivity index (χ0v) is 12.2. The quantitative estimate of drug-likeness (QED) is 0.802. The van der Waals surface area contributed by atoms with Crippen LogP contribution in [0.4, 0.5) is 0 Å². The molecule has 0 aliphatic heterocycles. The largest absolute Gasteiger partial charge is 0.508 e. The third-order valence-corrected chi connectivity index (χ3v) is 3.36. The molecule has 0 unspecified atom stereocenters. The molecule has 20 heavy (non-hydrogen) atoms. The average Bonchev–Trinajstić information content (AvgIpc) is 2.47. The Hall–Kier alpha value is -1.71. The van der Waals surface area contributed by atoms with Gasteiger partial charge in [0.15, 0.2) is 0 Å². The van der Waals surface area contributed by atoms with Crippen LogP contribution in [0.2, 0.25) is 5.02 Å². The Kier molecular flexibility index (Phi) is 5.27. The van der Waals surface area contributed by atoms with Crippen LogP contribution in [0, 0.1) is 0 Å². The highest BCUT2D eigenvalue weighted by atomic mass is 35.5. The number of phenolic OH excluding ortho intramolecular Hbond substituents is 1. The molecule has 3 nitrogen and oxygen atoms in total. The van der Waals surface area contributed by atoms with Gasteiger partial charge in [0.25, 0.3) is 0 Å². The monoisotopic (exact) mass is 291 g/mol. The van der Waals surface area contributed by atoms with Crippen LogP contribution in [-0.2, 0) is 13.0 Å².